The first-order valence-corrected chi connectivity index (χ1v) is 9.91. The number of halogens is 1. The summed E-state index contributed by atoms with van der Waals surface area (Å²) in [7, 11) is 1.29. The van der Waals surface area contributed by atoms with Crippen LogP contribution in [-0.2, 0) is 27.3 Å². The van der Waals surface area contributed by atoms with E-state index in [1.807, 2.05) is 19.9 Å². The van der Waals surface area contributed by atoms with E-state index >= 15 is 0 Å². The third-order valence-corrected chi connectivity index (χ3v) is 4.89. The summed E-state index contributed by atoms with van der Waals surface area (Å²) in [5, 5.41) is 0. The molecule has 2 aromatic carbocycles. The summed E-state index contributed by atoms with van der Waals surface area (Å²) < 4.78 is 29.8. The van der Waals surface area contributed by atoms with Crippen molar-refractivity contribution >= 4 is 12.1 Å². The summed E-state index contributed by atoms with van der Waals surface area (Å²) >= 11 is 0. The van der Waals surface area contributed by atoms with Crippen molar-refractivity contribution in [3.8, 4) is 5.75 Å². The van der Waals surface area contributed by atoms with Crippen LogP contribution in [0.2, 0.25) is 0 Å². The Hall–Kier alpha value is -3.09. The molecule has 2 aromatic rings. The van der Waals surface area contributed by atoms with Crippen LogP contribution in [0.5, 0.6) is 5.75 Å². The Labute approximate surface area is 175 Å². The molecule has 0 saturated heterocycles. The Morgan fingerprint density at radius 2 is 1.97 bits per heavy atom. The van der Waals surface area contributed by atoms with Crippen molar-refractivity contribution in [3.05, 3.63) is 65.0 Å². The van der Waals surface area contributed by atoms with E-state index in [9.17, 15) is 14.0 Å². The van der Waals surface area contributed by atoms with Crippen LogP contribution >= 0.6 is 0 Å². The smallest absolute Gasteiger partial charge is 0.410 e. The van der Waals surface area contributed by atoms with Crippen LogP contribution in [0.15, 0.2) is 42.5 Å². The van der Waals surface area contributed by atoms with Crippen LogP contribution in [-0.4, -0.2) is 37.2 Å². The zero-order valence-electron chi connectivity index (χ0n) is 17.4. The molecule has 3 rings (SSSR count). The SMILES string of the molecule is COC(=O)C1c2ccc(OCc3ccccc3F)cc2CCN1C(=O)OCC(C)C. The molecule has 160 valence electrons. The van der Waals surface area contributed by atoms with E-state index in [0.29, 0.717) is 29.8 Å². The van der Waals surface area contributed by atoms with Crippen molar-refractivity contribution in [2.45, 2.75) is 32.9 Å². The lowest BCUT2D eigenvalue weighted by Gasteiger charge is -2.35. The second kappa shape index (κ2) is 9.61. The lowest BCUT2D eigenvalue weighted by Crippen LogP contribution is -2.44. The maximum atomic E-state index is 13.8. The van der Waals surface area contributed by atoms with Gasteiger partial charge in [0, 0.05) is 12.1 Å². The van der Waals surface area contributed by atoms with Crippen LogP contribution in [0.3, 0.4) is 0 Å². The van der Waals surface area contributed by atoms with E-state index in [-0.39, 0.29) is 24.9 Å². The lowest BCUT2D eigenvalue weighted by atomic mass is 9.92. The largest absolute Gasteiger partial charge is 0.489 e. The predicted octanol–water partition coefficient (Wildman–Crippen LogP) is 4.27. The maximum Gasteiger partial charge on any atom is 0.410 e. The highest BCUT2D eigenvalue weighted by Crippen LogP contribution is 2.34. The molecule has 0 N–H and O–H groups in total. The van der Waals surface area contributed by atoms with Crippen molar-refractivity contribution in [1.29, 1.82) is 0 Å². The normalized spacial score (nSPS) is 15.5. The first-order chi connectivity index (χ1) is 14.4. The fourth-order valence-corrected chi connectivity index (χ4v) is 3.35. The molecule has 0 aliphatic carbocycles. The summed E-state index contributed by atoms with van der Waals surface area (Å²) in [6.07, 6.45) is 0.000818. The Balaban J connectivity index is 1.79. The van der Waals surface area contributed by atoms with E-state index in [1.165, 1.54) is 18.1 Å². The van der Waals surface area contributed by atoms with Crippen molar-refractivity contribution in [2.24, 2.45) is 5.92 Å². The average molecular weight is 415 g/mol. The van der Waals surface area contributed by atoms with Crippen LogP contribution in [0.4, 0.5) is 9.18 Å². The highest BCUT2D eigenvalue weighted by atomic mass is 19.1. The third-order valence-electron chi connectivity index (χ3n) is 4.89. The number of amides is 1. The van der Waals surface area contributed by atoms with Gasteiger partial charge in [-0.1, -0.05) is 38.1 Å². The van der Waals surface area contributed by atoms with Crippen LogP contribution < -0.4 is 4.74 Å². The molecule has 0 aromatic heterocycles. The van der Waals surface area contributed by atoms with Crippen LogP contribution in [0.25, 0.3) is 0 Å². The Bertz CT molecular complexity index is 914. The molecule has 1 amide bonds. The number of hydrogen-bond acceptors (Lipinski definition) is 5. The van der Waals surface area contributed by atoms with E-state index in [4.69, 9.17) is 14.2 Å². The summed E-state index contributed by atoms with van der Waals surface area (Å²) in [5.74, 6) is -0.0950. The van der Waals surface area contributed by atoms with E-state index in [1.54, 1.807) is 30.3 Å². The first kappa shape index (κ1) is 21.6. The zero-order chi connectivity index (χ0) is 21.7. The number of nitrogens with zero attached hydrogens (tertiary/aromatic N) is 1. The number of methoxy groups -OCH3 is 1. The van der Waals surface area contributed by atoms with Gasteiger partial charge in [-0.15, -0.1) is 0 Å². The molecule has 7 heteroatoms. The molecular formula is C23H26FNO5. The molecule has 0 spiro atoms. The monoisotopic (exact) mass is 415 g/mol. The van der Waals surface area contributed by atoms with Crippen molar-refractivity contribution in [3.63, 3.8) is 0 Å². The first-order valence-electron chi connectivity index (χ1n) is 9.91. The molecule has 6 nitrogen and oxygen atoms in total. The molecular weight excluding hydrogens is 389 g/mol. The highest BCUT2D eigenvalue weighted by molar-refractivity contribution is 5.84. The number of carbonyl (C=O) groups is 2. The number of fused-ring (bicyclic) bond motifs is 1. The van der Waals surface area contributed by atoms with E-state index in [0.717, 1.165) is 5.56 Å². The molecule has 30 heavy (non-hydrogen) atoms. The number of carbonyl (C=O) groups excluding carboxylic acids is 2. The Morgan fingerprint density at radius 3 is 2.67 bits per heavy atom. The molecule has 0 fully saturated rings. The van der Waals surface area contributed by atoms with Crippen molar-refractivity contribution in [1.82, 2.24) is 4.90 Å². The van der Waals surface area contributed by atoms with Gasteiger partial charge in [0.05, 0.1) is 13.7 Å². The van der Waals surface area contributed by atoms with Crippen LogP contribution in [0.1, 0.15) is 36.6 Å². The third kappa shape index (κ3) is 4.90. The van der Waals surface area contributed by atoms with Gasteiger partial charge in [-0.2, -0.15) is 0 Å². The summed E-state index contributed by atoms with van der Waals surface area (Å²) in [5.41, 5.74) is 2.01. The predicted molar refractivity (Wildman–Crippen MR) is 109 cm³/mol. The minimum Gasteiger partial charge on any atom is -0.489 e. The topological polar surface area (TPSA) is 65.1 Å². The molecule has 1 atom stereocenters. The van der Waals surface area contributed by atoms with Gasteiger partial charge in [-0.05, 0) is 41.7 Å². The van der Waals surface area contributed by atoms with E-state index in [2.05, 4.69) is 0 Å². The fourth-order valence-electron chi connectivity index (χ4n) is 3.35. The van der Waals surface area contributed by atoms with Gasteiger partial charge in [-0.3, -0.25) is 4.90 Å². The number of rotatable bonds is 6. The summed E-state index contributed by atoms with van der Waals surface area (Å²) in [6, 6.07) is 10.8. The molecule has 0 saturated carbocycles. The van der Waals surface area contributed by atoms with Gasteiger partial charge in [-0.25, -0.2) is 14.0 Å². The van der Waals surface area contributed by atoms with Crippen LogP contribution in [0, 0.1) is 11.7 Å². The lowest BCUT2D eigenvalue weighted by molar-refractivity contribution is -0.147. The zero-order valence-corrected chi connectivity index (χ0v) is 17.4. The average Bonchev–Trinajstić information content (AvgIpc) is 2.75. The van der Waals surface area contributed by atoms with Gasteiger partial charge in [0.2, 0.25) is 0 Å². The minimum atomic E-state index is -0.876. The second-order valence-corrected chi connectivity index (χ2v) is 7.58. The fraction of sp³-hybridized carbons (Fsp3) is 0.391. The summed E-state index contributed by atoms with van der Waals surface area (Å²) in [4.78, 5) is 26.4. The van der Waals surface area contributed by atoms with Gasteiger partial charge >= 0.3 is 12.1 Å². The van der Waals surface area contributed by atoms with Gasteiger partial charge in [0.25, 0.3) is 0 Å². The number of benzene rings is 2. The molecule has 1 aliphatic heterocycles. The molecule has 1 aliphatic rings. The highest BCUT2D eigenvalue weighted by Gasteiger charge is 2.37. The number of esters is 1. The van der Waals surface area contributed by atoms with Crippen molar-refractivity contribution < 1.29 is 28.2 Å². The molecule has 0 bridgehead atoms. The number of hydrogen-bond donors (Lipinski definition) is 0. The maximum absolute atomic E-state index is 13.8. The van der Waals surface area contributed by atoms with Gasteiger partial charge in [0.1, 0.15) is 18.2 Å². The standard InChI is InChI=1S/C23H26FNO5/c1-15(2)13-30-23(27)25-11-10-16-12-18(8-9-19(16)21(25)22(26)28-3)29-14-17-6-4-5-7-20(17)24/h4-9,12,15,21H,10-11,13-14H2,1-3H3. The second-order valence-electron chi connectivity index (χ2n) is 7.58. The van der Waals surface area contributed by atoms with Crippen molar-refractivity contribution in [2.75, 3.05) is 20.3 Å². The molecule has 0 radical (unpaired) electrons. The Kier molecular flexibility index (Phi) is 6.92. The minimum absolute atomic E-state index is 0.0968. The number of ether oxygens (including phenoxy) is 3. The molecule has 1 unspecified atom stereocenters. The van der Waals surface area contributed by atoms with Gasteiger partial charge in [0.15, 0.2) is 6.04 Å². The summed E-state index contributed by atoms with van der Waals surface area (Å²) in [6.45, 7) is 4.58. The Morgan fingerprint density at radius 1 is 1.20 bits per heavy atom. The van der Waals surface area contributed by atoms with Gasteiger partial charge < -0.3 is 14.2 Å². The van der Waals surface area contributed by atoms with E-state index < -0.39 is 18.1 Å². The molecule has 1 heterocycles. The quantitative estimate of drug-likeness (QED) is 0.660.